The number of likely N-dealkylation sites (tertiary alicyclic amines) is 1. The molecule has 2 aromatic rings. The average Bonchev–Trinajstić information content (AvgIpc) is 3.44. The lowest BCUT2D eigenvalue weighted by Gasteiger charge is -2.23. The summed E-state index contributed by atoms with van der Waals surface area (Å²) in [6.07, 6.45) is 1.76. The third-order valence-corrected chi connectivity index (χ3v) is 8.62. The van der Waals surface area contributed by atoms with Crippen molar-refractivity contribution in [3.05, 3.63) is 51.2 Å². The van der Waals surface area contributed by atoms with Crippen molar-refractivity contribution in [3.63, 3.8) is 0 Å². The van der Waals surface area contributed by atoms with E-state index in [4.69, 9.17) is 16.3 Å². The first-order chi connectivity index (χ1) is 14.8. The summed E-state index contributed by atoms with van der Waals surface area (Å²) in [4.78, 5) is 28.1. The molecule has 1 unspecified atom stereocenters. The van der Waals surface area contributed by atoms with Crippen LogP contribution < -0.4 is 0 Å². The Kier molecular flexibility index (Phi) is 7.74. The molecule has 0 saturated carbocycles. The molecule has 1 amide bonds. The number of sulfonamides is 1. The van der Waals surface area contributed by atoms with Gasteiger partial charge in [-0.1, -0.05) is 31.5 Å². The van der Waals surface area contributed by atoms with Gasteiger partial charge in [0.25, 0.3) is 5.91 Å². The Hall–Kier alpha value is -1.94. The number of carbonyl (C=O) groups excluding carboxylic acids is 2. The number of hydrogen-bond acceptors (Lipinski definition) is 6. The Morgan fingerprint density at radius 2 is 2.00 bits per heavy atom. The van der Waals surface area contributed by atoms with E-state index in [1.54, 1.807) is 30.1 Å². The van der Waals surface area contributed by atoms with E-state index in [1.807, 2.05) is 17.5 Å². The Morgan fingerprint density at radius 1 is 1.26 bits per heavy atom. The number of ether oxygens (including phenoxy) is 1. The third-order valence-electron chi connectivity index (χ3n) is 5.27. The molecule has 0 N–H and O–H groups in total. The Balaban J connectivity index is 1.71. The van der Waals surface area contributed by atoms with Gasteiger partial charge in [0.2, 0.25) is 10.0 Å². The molecule has 0 aliphatic carbocycles. The Labute approximate surface area is 191 Å². The molecular weight excluding hydrogens is 460 g/mol. The van der Waals surface area contributed by atoms with Crippen LogP contribution in [0, 0.1) is 0 Å². The van der Waals surface area contributed by atoms with Gasteiger partial charge in [-0.15, -0.1) is 11.3 Å². The number of carbonyl (C=O) groups is 2. The lowest BCUT2D eigenvalue weighted by Crippen LogP contribution is -2.34. The zero-order chi connectivity index (χ0) is 22.6. The molecule has 1 aromatic heterocycles. The molecular formula is C21H25ClN2O5S2. The summed E-state index contributed by atoms with van der Waals surface area (Å²) in [7, 11) is -3.76. The van der Waals surface area contributed by atoms with Gasteiger partial charge in [0.1, 0.15) is 0 Å². The minimum absolute atomic E-state index is 0.00247. The van der Waals surface area contributed by atoms with E-state index in [2.05, 4.69) is 0 Å². The second-order valence-corrected chi connectivity index (χ2v) is 10.4. The Morgan fingerprint density at radius 3 is 2.65 bits per heavy atom. The van der Waals surface area contributed by atoms with E-state index < -0.39 is 22.6 Å². The van der Waals surface area contributed by atoms with E-state index in [0.717, 1.165) is 17.7 Å². The van der Waals surface area contributed by atoms with E-state index in [-0.39, 0.29) is 27.4 Å². The highest BCUT2D eigenvalue weighted by Gasteiger charge is 2.31. The second-order valence-electron chi connectivity index (χ2n) is 7.07. The monoisotopic (exact) mass is 484 g/mol. The van der Waals surface area contributed by atoms with E-state index in [1.165, 1.54) is 22.5 Å². The maximum atomic E-state index is 12.7. The molecule has 0 radical (unpaired) electrons. The van der Waals surface area contributed by atoms with Crippen LogP contribution in [0.3, 0.4) is 0 Å². The minimum Gasteiger partial charge on any atom is -0.452 e. The fourth-order valence-corrected chi connectivity index (χ4v) is 6.22. The van der Waals surface area contributed by atoms with Crippen molar-refractivity contribution in [2.75, 3.05) is 26.2 Å². The quantitative estimate of drug-likeness (QED) is 0.529. The molecule has 1 saturated heterocycles. The smallest absolute Gasteiger partial charge is 0.340 e. The summed E-state index contributed by atoms with van der Waals surface area (Å²) in [5.74, 6) is -1.12. The number of hydrogen-bond donors (Lipinski definition) is 0. The maximum Gasteiger partial charge on any atom is 0.340 e. The largest absolute Gasteiger partial charge is 0.452 e. The predicted octanol–water partition coefficient (Wildman–Crippen LogP) is 3.95. The van der Waals surface area contributed by atoms with Crippen LogP contribution in [-0.4, -0.2) is 55.7 Å². The van der Waals surface area contributed by atoms with Gasteiger partial charge in [0.05, 0.1) is 21.5 Å². The summed E-state index contributed by atoms with van der Waals surface area (Å²) < 4.78 is 32.0. The number of esters is 1. The molecule has 7 nitrogen and oxygen atoms in total. The summed E-state index contributed by atoms with van der Waals surface area (Å²) >= 11 is 7.71. The van der Waals surface area contributed by atoms with Gasteiger partial charge in [-0.05, 0) is 42.5 Å². The number of amides is 1. The number of rotatable bonds is 8. The van der Waals surface area contributed by atoms with E-state index in [9.17, 15) is 18.0 Å². The van der Waals surface area contributed by atoms with Gasteiger partial charge in [-0.2, -0.15) is 4.31 Å². The van der Waals surface area contributed by atoms with Crippen molar-refractivity contribution < 1.29 is 22.7 Å². The van der Waals surface area contributed by atoms with Crippen molar-refractivity contribution in [2.24, 2.45) is 0 Å². The van der Waals surface area contributed by atoms with Gasteiger partial charge in [0, 0.05) is 24.5 Å². The fraction of sp³-hybridized carbons (Fsp3) is 0.429. The van der Waals surface area contributed by atoms with Crippen molar-refractivity contribution in [1.29, 1.82) is 0 Å². The molecule has 1 atom stereocenters. The zero-order valence-corrected chi connectivity index (χ0v) is 19.8. The molecule has 31 heavy (non-hydrogen) atoms. The lowest BCUT2D eigenvalue weighted by atomic mass is 10.2. The number of halogens is 1. The highest BCUT2D eigenvalue weighted by atomic mass is 35.5. The van der Waals surface area contributed by atoms with Gasteiger partial charge in [0.15, 0.2) is 6.61 Å². The van der Waals surface area contributed by atoms with Crippen LogP contribution in [0.2, 0.25) is 5.02 Å². The zero-order valence-electron chi connectivity index (χ0n) is 17.4. The standard InChI is InChI=1S/C21H25ClN2O5S2/c1-3-23(4-2)31(27,28)15-9-10-17(22)16(13-15)21(26)29-14-20(25)24-11-5-7-18(24)19-8-6-12-30-19/h6,8-10,12-13,18H,3-5,7,11,14H2,1-2H3. The van der Waals surface area contributed by atoms with Crippen LogP contribution in [0.15, 0.2) is 40.6 Å². The van der Waals surface area contributed by atoms with Crippen LogP contribution in [0.4, 0.5) is 0 Å². The number of thiophene rings is 1. The highest BCUT2D eigenvalue weighted by Crippen LogP contribution is 2.34. The predicted molar refractivity (Wildman–Crippen MR) is 120 cm³/mol. The van der Waals surface area contributed by atoms with Crippen LogP contribution in [0.25, 0.3) is 0 Å². The van der Waals surface area contributed by atoms with Crippen molar-refractivity contribution >= 4 is 44.8 Å². The summed E-state index contributed by atoms with van der Waals surface area (Å²) in [5, 5.41) is 2.03. The molecule has 10 heteroatoms. The second kappa shape index (κ2) is 10.1. The van der Waals surface area contributed by atoms with Crippen LogP contribution in [0.5, 0.6) is 0 Å². The normalized spacial score (nSPS) is 16.6. The van der Waals surface area contributed by atoms with E-state index >= 15 is 0 Å². The van der Waals surface area contributed by atoms with Crippen molar-refractivity contribution in [3.8, 4) is 0 Å². The molecule has 168 valence electrons. The first-order valence-electron chi connectivity index (χ1n) is 10.1. The first-order valence-corrected chi connectivity index (χ1v) is 12.8. The summed E-state index contributed by atoms with van der Waals surface area (Å²) in [5.41, 5.74) is -0.0843. The molecule has 1 aliphatic heterocycles. The van der Waals surface area contributed by atoms with Gasteiger partial charge >= 0.3 is 5.97 Å². The Bertz CT molecular complexity index is 1040. The van der Waals surface area contributed by atoms with E-state index in [0.29, 0.717) is 19.6 Å². The SMILES string of the molecule is CCN(CC)S(=O)(=O)c1ccc(Cl)c(C(=O)OCC(=O)N2CCCC2c2cccs2)c1. The lowest BCUT2D eigenvalue weighted by molar-refractivity contribution is -0.135. The third kappa shape index (κ3) is 5.11. The molecule has 2 heterocycles. The molecule has 3 rings (SSSR count). The van der Waals surface area contributed by atoms with Crippen LogP contribution in [0.1, 0.15) is 48.0 Å². The average molecular weight is 485 g/mol. The number of nitrogens with zero attached hydrogens (tertiary/aromatic N) is 2. The molecule has 0 bridgehead atoms. The summed E-state index contributed by atoms with van der Waals surface area (Å²) in [6.45, 7) is 4.26. The van der Waals surface area contributed by atoms with Gasteiger partial charge < -0.3 is 9.64 Å². The minimum atomic E-state index is -3.76. The molecule has 1 aromatic carbocycles. The number of benzene rings is 1. The maximum absolute atomic E-state index is 12.7. The van der Waals surface area contributed by atoms with Crippen molar-refractivity contribution in [1.82, 2.24) is 9.21 Å². The van der Waals surface area contributed by atoms with Crippen LogP contribution in [-0.2, 0) is 19.6 Å². The summed E-state index contributed by atoms with van der Waals surface area (Å²) in [6, 6.07) is 7.85. The fourth-order valence-electron chi connectivity index (χ4n) is 3.66. The molecule has 0 spiro atoms. The first kappa shape index (κ1) is 23.7. The molecule has 1 aliphatic rings. The van der Waals surface area contributed by atoms with Crippen molar-refractivity contribution in [2.45, 2.75) is 37.6 Å². The highest BCUT2D eigenvalue weighted by molar-refractivity contribution is 7.89. The van der Waals surface area contributed by atoms with Crippen LogP contribution >= 0.6 is 22.9 Å². The van der Waals surface area contributed by atoms with Gasteiger partial charge in [-0.3, -0.25) is 4.79 Å². The molecule has 1 fully saturated rings. The van der Waals surface area contributed by atoms with Gasteiger partial charge in [-0.25, -0.2) is 13.2 Å². The topological polar surface area (TPSA) is 84.0 Å².